The lowest BCUT2D eigenvalue weighted by atomic mass is 10.0. The molecule has 0 aliphatic carbocycles. The van der Waals surface area contributed by atoms with Crippen LogP contribution in [0.5, 0.6) is 5.75 Å². The van der Waals surface area contributed by atoms with Crippen molar-refractivity contribution in [3.63, 3.8) is 0 Å². The molecule has 2 rings (SSSR count). The van der Waals surface area contributed by atoms with Crippen LogP contribution in [-0.2, 0) is 6.42 Å². The highest BCUT2D eigenvalue weighted by Crippen LogP contribution is 2.29. The zero-order chi connectivity index (χ0) is 10.1. The zero-order valence-corrected chi connectivity index (χ0v) is 7.92. The molecule has 0 fully saturated rings. The van der Waals surface area contributed by atoms with Crippen molar-refractivity contribution in [2.24, 2.45) is 0 Å². The zero-order valence-electron chi connectivity index (χ0n) is 7.92. The van der Waals surface area contributed by atoms with Crippen LogP contribution in [0.25, 0.3) is 10.8 Å². The lowest BCUT2D eigenvalue weighted by Gasteiger charge is -2.07. The van der Waals surface area contributed by atoms with E-state index in [4.69, 9.17) is 0 Å². The van der Waals surface area contributed by atoms with Gasteiger partial charge in [0.15, 0.2) is 0 Å². The Labute approximate surface area is 81.8 Å². The average Bonchev–Trinajstić information content (AvgIpc) is 2.19. The lowest BCUT2D eigenvalue weighted by molar-refractivity contribution is 0.480. The summed E-state index contributed by atoms with van der Waals surface area (Å²) in [4.78, 5) is 0. The van der Waals surface area contributed by atoms with E-state index < -0.39 is 0 Å². The number of halogens is 1. The van der Waals surface area contributed by atoms with E-state index in [2.05, 4.69) is 0 Å². The summed E-state index contributed by atoms with van der Waals surface area (Å²) in [5, 5.41) is 11.2. The van der Waals surface area contributed by atoms with E-state index in [1.165, 1.54) is 6.07 Å². The van der Waals surface area contributed by atoms with Crippen molar-refractivity contribution >= 4 is 10.8 Å². The minimum Gasteiger partial charge on any atom is -0.507 e. The fourth-order valence-electron chi connectivity index (χ4n) is 1.75. The molecule has 1 N–H and O–H groups in total. The van der Waals surface area contributed by atoms with Gasteiger partial charge in [-0.1, -0.05) is 25.1 Å². The van der Waals surface area contributed by atoms with Crippen molar-refractivity contribution in [1.29, 1.82) is 0 Å². The van der Waals surface area contributed by atoms with Gasteiger partial charge >= 0.3 is 0 Å². The van der Waals surface area contributed by atoms with E-state index in [0.717, 1.165) is 5.39 Å². The predicted molar refractivity (Wildman–Crippen MR) is 54.9 cm³/mol. The Kier molecular flexibility index (Phi) is 2.12. The minimum atomic E-state index is -0.249. The van der Waals surface area contributed by atoms with Crippen LogP contribution in [-0.4, -0.2) is 5.11 Å². The molecule has 0 aliphatic rings. The first kappa shape index (κ1) is 9.00. The predicted octanol–water partition coefficient (Wildman–Crippen LogP) is 3.25. The molecular weight excluding hydrogens is 179 g/mol. The minimum absolute atomic E-state index is 0.152. The lowest BCUT2D eigenvalue weighted by Crippen LogP contribution is -1.89. The molecule has 0 saturated heterocycles. The van der Waals surface area contributed by atoms with Gasteiger partial charge in [-0.3, -0.25) is 0 Å². The van der Waals surface area contributed by atoms with Crippen molar-refractivity contribution in [3.05, 3.63) is 41.7 Å². The number of aromatic hydroxyl groups is 1. The number of rotatable bonds is 1. The Bertz CT molecular complexity index is 477. The molecular formula is C12H11FO. The van der Waals surface area contributed by atoms with Crippen LogP contribution in [0, 0.1) is 5.82 Å². The first-order chi connectivity index (χ1) is 6.74. The summed E-state index contributed by atoms with van der Waals surface area (Å²) >= 11 is 0. The van der Waals surface area contributed by atoms with Gasteiger partial charge < -0.3 is 5.11 Å². The summed E-state index contributed by atoms with van der Waals surface area (Å²) < 4.78 is 13.4. The highest BCUT2D eigenvalue weighted by Gasteiger charge is 2.08. The molecule has 0 heterocycles. The maximum atomic E-state index is 13.4. The molecule has 72 valence electrons. The van der Waals surface area contributed by atoms with Gasteiger partial charge in [-0.2, -0.15) is 0 Å². The van der Waals surface area contributed by atoms with Crippen LogP contribution < -0.4 is 0 Å². The smallest absolute Gasteiger partial charge is 0.127 e. The molecule has 2 heteroatoms. The second kappa shape index (κ2) is 3.29. The maximum absolute atomic E-state index is 13.4. The fourth-order valence-corrected chi connectivity index (χ4v) is 1.75. The Hall–Kier alpha value is -1.57. The average molecular weight is 190 g/mol. The third kappa shape index (κ3) is 1.23. The van der Waals surface area contributed by atoms with Gasteiger partial charge in [0.2, 0.25) is 0 Å². The largest absolute Gasteiger partial charge is 0.507 e. The fraction of sp³-hybridized carbons (Fsp3) is 0.167. The second-order valence-corrected chi connectivity index (χ2v) is 3.25. The summed E-state index contributed by atoms with van der Waals surface area (Å²) in [5.41, 5.74) is 0.584. The number of aryl methyl sites for hydroxylation is 1. The van der Waals surface area contributed by atoms with Crippen LogP contribution >= 0.6 is 0 Å². The van der Waals surface area contributed by atoms with Gasteiger partial charge in [-0.15, -0.1) is 0 Å². The third-order valence-corrected chi connectivity index (χ3v) is 2.43. The Morgan fingerprint density at radius 3 is 2.71 bits per heavy atom. The molecule has 0 amide bonds. The topological polar surface area (TPSA) is 20.2 Å². The molecule has 1 nitrogen and oxygen atoms in total. The molecule has 0 unspecified atom stereocenters. The van der Waals surface area contributed by atoms with Gasteiger partial charge in [0.25, 0.3) is 0 Å². The summed E-state index contributed by atoms with van der Waals surface area (Å²) in [6.07, 6.45) is 0.584. The Morgan fingerprint density at radius 2 is 2.00 bits per heavy atom. The Balaban J connectivity index is 2.91. The van der Waals surface area contributed by atoms with Crippen LogP contribution in [0.1, 0.15) is 12.5 Å². The normalized spacial score (nSPS) is 10.7. The maximum Gasteiger partial charge on any atom is 0.127 e. The third-order valence-electron chi connectivity index (χ3n) is 2.43. The quantitative estimate of drug-likeness (QED) is 0.731. The monoisotopic (exact) mass is 190 g/mol. The number of phenolic OH excluding ortho intramolecular Hbond substituents is 1. The molecule has 0 aromatic heterocycles. The van der Waals surface area contributed by atoms with E-state index in [-0.39, 0.29) is 11.6 Å². The van der Waals surface area contributed by atoms with Gasteiger partial charge in [0.1, 0.15) is 11.6 Å². The molecule has 0 bridgehead atoms. The van der Waals surface area contributed by atoms with E-state index in [0.29, 0.717) is 17.4 Å². The number of hydrogen-bond acceptors (Lipinski definition) is 1. The molecule has 14 heavy (non-hydrogen) atoms. The molecule has 0 atom stereocenters. The molecule has 0 saturated carbocycles. The van der Waals surface area contributed by atoms with Crippen LogP contribution in [0.2, 0.25) is 0 Å². The summed E-state index contributed by atoms with van der Waals surface area (Å²) in [6.45, 7) is 1.88. The molecule has 2 aromatic rings. The van der Waals surface area contributed by atoms with Gasteiger partial charge in [0, 0.05) is 5.39 Å². The summed E-state index contributed by atoms with van der Waals surface area (Å²) in [6, 6.07) is 8.34. The number of benzene rings is 2. The number of hydrogen-bond donors (Lipinski definition) is 1. The first-order valence-electron chi connectivity index (χ1n) is 4.63. The van der Waals surface area contributed by atoms with E-state index in [1.54, 1.807) is 18.2 Å². The van der Waals surface area contributed by atoms with Crippen LogP contribution in [0.4, 0.5) is 4.39 Å². The molecule has 0 aliphatic heterocycles. The van der Waals surface area contributed by atoms with Gasteiger partial charge in [-0.05, 0) is 29.5 Å². The van der Waals surface area contributed by atoms with Crippen molar-refractivity contribution in [3.8, 4) is 5.75 Å². The number of phenols is 1. The second-order valence-electron chi connectivity index (χ2n) is 3.25. The SMILES string of the molecule is CCc1c(F)ccc2cccc(O)c12. The first-order valence-corrected chi connectivity index (χ1v) is 4.63. The van der Waals surface area contributed by atoms with E-state index in [1.807, 2.05) is 13.0 Å². The van der Waals surface area contributed by atoms with Crippen molar-refractivity contribution in [2.75, 3.05) is 0 Å². The van der Waals surface area contributed by atoms with Crippen LogP contribution in [0.3, 0.4) is 0 Å². The number of fused-ring (bicyclic) bond motifs is 1. The van der Waals surface area contributed by atoms with Gasteiger partial charge in [-0.25, -0.2) is 4.39 Å². The highest BCUT2D eigenvalue weighted by atomic mass is 19.1. The molecule has 2 aromatic carbocycles. The van der Waals surface area contributed by atoms with Gasteiger partial charge in [0.05, 0.1) is 0 Å². The van der Waals surface area contributed by atoms with E-state index >= 15 is 0 Å². The summed E-state index contributed by atoms with van der Waals surface area (Å²) in [5.74, 6) is -0.0969. The standard InChI is InChI=1S/C12H11FO/c1-2-9-10(13)7-6-8-4-3-5-11(14)12(8)9/h3-7,14H,2H2,1H3. The van der Waals surface area contributed by atoms with Crippen molar-refractivity contribution < 1.29 is 9.50 Å². The highest BCUT2D eigenvalue weighted by molar-refractivity contribution is 5.91. The van der Waals surface area contributed by atoms with Crippen molar-refractivity contribution in [2.45, 2.75) is 13.3 Å². The van der Waals surface area contributed by atoms with Crippen LogP contribution in [0.15, 0.2) is 30.3 Å². The Morgan fingerprint density at radius 1 is 1.21 bits per heavy atom. The molecule has 0 spiro atoms. The van der Waals surface area contributed by atoms with E-state index in [9.17, 15) is 9.50 Å². The molecule has 0 radical (unpaired) electrons. The summed E-state index contributed by atoms with van der Waals surface area (Å²) in [7, 11) is 0. The van der Waals surface area contributed by atoms with Crippen molar-refractivity contribution in [1.82, 2.24) is 0 Å².